The Kier molecular flexibility index (Phi) is 7.05. The predicted octanol–water partition coefficient (Wildman–Crippen LogP) is 5.07. The first-order valence-corrected chi connectivity index (χ1v) is 14.4. The van der Waals surface area contributed by atoms with Gasteiger partial charge in [0.1, 0.15) is 0 Å². The second kappa shape index (κ2) is 9.90. The van der Waals surface area contributed by atoms with Gasteiger partial charge in [-0.25, -0.2) is 26.6 Å². The molecule has 0 aliphatic carbocycles. The molecule has 3 aromatic carbocycles. The maximum absolute atomic E-state index is 12.9. The molecule has 0 saturated carbocycles. The predicted molar refractivity (Wildman–Crippen MR) is 139 cm³/mol. The molecule has 36 heavy (non-hydrogen) atoms. The van der Waals surface area contributed by atoms with Crippen molar-refractivity contribution < 1.29 is 26.7 Å². The number of aryl methyl sites for hydroxylation is 1. The van der Waals surface area contributed by atoms with E-state index in [0.29, 0.717) is 21.8 Å². The number of nitrogens with one attached hydrogen (secondary N) is 2. The van der Waals surface area contributed by atoms with Crippen LogP contribution in [0.5, 0.6) is 0 Å². The number of hydrogen-bond donors (Lipinski definition) is 3. The number of sulfonamides is 2. The molecule has 9 nitrogen and oxygen atoms in total. The number of carbonyl (C=O) groups is 1. The number of aromatic nitrogens is 1. The molecular weight excluding hydrogens is 546 g/mol. The number of hydrogen-bond acceptors (Lipinski definition) is 7. The Morgan fingerprint density at radius 1 is 0.944 bits per heavy atom. The maximum atomic E-state index is 12.9. The number of nitrogens with zero attached hydrogens (tertiary/aromatic N) is 1. The Balaban J connectivity index is 1.62. The number of carboxylic acid groups (broad SMARTS) is 1. The van der Waals surface area contributed by atoms with Gasteiger partial charge in [0.15, 0.2) is 5.13 Å². The lowest BCUT2D eigenvalue weighted by molar-refractivity contribution is 0.0696. The summed E-state index contributed by atoms with van der Waals surface area (Å²) in [6.45, 7) is 1.55. The van der Waals surface area contributed by atoms with E-state index in [1.807, 2.05) is 0 Å². The lowest BCUT2D eigenvalue weighted by Crippen LogP contribution is -2.15. The zero-order chi connectivity index (χ0) is 26.1. The van der Waals surface area contributed by atoms with Crippen molar-refractivity contribution in [1.29, 1.82) is 0 Å². The highest BCUT2D eigenvalue weighted by Crippen LogP contribution is 2.33. The number of rotatable bonds is 8. The van der Waals surface area contributed by atoms with Crippen LogP contribution in [0.15, 0.2) is 81.9 Å². The molecule has 1 aromatic heterocycles. The largest absolute Gasteiger partial charge is 0.478 e. The zero-order valence-corrected chi connectivity index (χ0v) is 21.7. The maximum Gasteiger partial charge on any atom is 0.335 e. The van der Waals surface area contributed by atoms with Gasteiger partial charge in [0, 0.05) is 16.0 Å². The first-order chi connectivity index (χ1) is 17.0. The van der Waals surface area contributed by atoms with Crippen molar-refractivity contribution in [1.82, 2.24) is 4.98 Å². The van der Waals surface area contributed by atoms with E-state index in [9.17, 15) is 26.7 Å². The molecular formula is C23H18ClN3O6S3. The third-order valence-corrected chi connectivity index (χ3v) is 9.02. The Morgan fingerprint density at radius 3 is 2.33 bits per heavy atom. The average Bonchev–Trinajstić information content (AvgIpc) is 3.27. The molecule has 0 bridgehead atoms. The third-order valence-electron chi connectivity index (χ3n) is 5.02. The van der Waals surface area contributed by atoms with E-state index in [1.165, 1.54) is 36.4 Å². The minimum absolute atomic E-state index is 0.0207. The van der Waals surface area contributed by atoms with E-state index in [2.05, 4.69) is 14.4 Å². The summed E-state index contributed by atoms with van der Waals surface area (Å²) in [5.74, 6) is -1.25. The van der Waals surface area contributed by atoms with Crippen molar-refractivity contribution in [3.8, 4) is 11.3 Å². The van der Waals surface area contributed by atoms with E-state index in [1.54, 1.807) is 36.6 Å². The molecule has 0 saturated heterocycles. The standard InChI is InChI=1S/C23H18ClN3O6S3/c1-14-6-7-15(22(28)29)12-21(14)36(32,33)27-23-25-20(13-34-23)18-4-2-3-5-19(18)26-35(30,31)17-10-8-16(24)9-11-17/h2-13,26H,1H3,(H,25,27)(H,28,29). The highest BCUT2D eigenvalue weighted by atomic mass is 35.5. The summed E-state index contributed by atoms with van der Waals surface area (Å²) in [4.78, 5) is 15.4. The molecule has 4 aromatic rings. The second-order valence-corrected chi connectivity index (χ2v) is 12.2. The molecule has 0 fully saturated rings. The highest BCUT2D eigenvalue weighted by molar-refractivity contribution is 7.93. The first kappa shape index (κ1) is 25.6. The first-order valence-electron chi connectivity index (χ1n) is 10.2. The molecule has 0 atom stereocenters. The average molecular weight is 564 g/mol. The van der Waals surface area contributed by atoms with Crippen LogP contribution in [0.3, 0.4) is 0 Å². The van der Waals surface area contributed by atoms with Gasteiger partial charge in [0.25, 0.3) is 20.0 Å². The van der Waals surface area contributed by atoms with Gasteiger partial charge in [-0.05, 0) is 55.0 Å². The number of para-hydroxylation sites is 1. The number of halogens is 1. The van der Waals surface area contributed by atoms with Crippen LogP contribution in [0.4, 0.5) is 10.8 Å². The molecule has 0 unspecified atom stereocenters. The number of aromatic carboxylic acids is 1. The molecule has 13 heteroatoms. The summed E-state index contributed by atoms with van der Waals surface area (Å²) in [7, 11) is -8.06. The summed E-state index contributed by atoms with van der Waals surface area (Å²) in [5, 5.41) is 11.2. The number of thiazole rings is 1. The number of carboxylic acids is 1. The fraction of sp³-hybridized carbons (Fsp3) is 0.0435. The van der Waals surface area contributed by atoms with Crippen molar-refractivity contribution in [2.75, 3.05) is 9.44 Å². The van der Waals surface area contributed by atoms with Gasteiger partial charge >= 0.3 is 5.97 Å². The van der Waals surface area contributed by atoms with Gasteiger partial charge in [-0.2, -0.15) is 0 Å². The number of anilines is 2. The smallest absolute Gasteiger partial charge is 0.335 e. The van der Waals surface area contributed by atoms with Gasteiger partial charge in [-0.15, -0.1) is 11.3 Å². The summed E-state index contributed by atoms with van der Waals surface area (Å²) in [6.07, 6.45) is 0. The fourth-order valence-corrected chi connectivity index (χ4v) is 6.69. The van der Waals surface area contributed by atoms with Gasteiger partial charge in [-0.1, -0.05) is 35.9 Å². The lowest BCUT2D eigenvalue weighted by Gasteiger charge is -2.12. The van der Waals surface area contributed by atoms with Crippen molar-refractivity contribution in [2.24, 2.45) is 0 Å². The molecule has 0 spiro atoms. The quantitative estimate of drug-likeness (QED) is 0.271. The van der Waals surface area contributed by atoms with Crippen LogP contribution in [0.2, 0.25) is 5.02 Å². The minimum Gasteiger partial charge on any atom is -0.478 e. The van der Waals surface area contributed by atoms with Gasteiger partial charge in [-0.3, -0.25) is 9.44 Å². The molecule has 0 amide bonds. The third kappa shape index (κ3) is 5.51. The van der Waals surface area contributed by atoms with Crippen LogP contribution in [0.1, 0.15) is 15.9 Å². The van der Waals surface area contributed by atoms with E-state index in [-0.39, 0.29) is 26.2 Å². The van der Waals surface area contributed by atoms with E-state index in [0.717, 1.165) is 17.4 Å². The number of benzene rings is 3. The topological polar surface area (TPSA) is 143 Å². The summed E-state index contributed by atoms with van der Waals surface area (Å²) in [5.41, 5.74) is 1.22. The summed E-state index contributed by atoms with van der Waals surface area (Å²) < 4.78 is 56.5. The van der Waals surface area contributed by atoms with Crippen LogP contribution in [0.25, 0.3) is 11.3 Å². The van der Waals surface area contributed by atoms with E-state index < -0.39 is 26.0 Å². The molecule has 0 aliphatic rings. The second-order valence-electron chi connectivity index (χ2n) is 7.53. The summed E-state index contributed by atoms with van der Waals surface area (Å²) >= 11 is 6.84. The van der Waals surface area contributed by atoms with Crippen molar-refractivity contribution in [2.45, 2.75) is 16.7 Å². The van der Waals surface area contributed by atoms with Crippen LogP contribution < -0.4 is 9.44 Å². The molecule has 186 valence electrons. The highest BCUT2D eigenvalue weighted by Gasteiger charge is 2.22. The monoisotopic (exact) mass is 563 g/mol. The Bertz CT molecular complexity index is 1670. The molecule has 1 heterocycles. The van der Waals surface area contributed by atoms with Crippen LogP contribution in [-0.2, 0) is 20.0 Å². The lowest BCUT2D eigenvalue weighted by atomic mass is 10.1. The van der Waals surface area contributed by atoms with Crippen LogP contribution >= 0.6 is 22.9 Å². The molecule has 4 rings (SSSR count). The van der Waals surface area contributed by atoms with E-state index in [4.69, 9.17) is 11.6 Å². The SMILES string of the molecule is Cc1ccc(C(=O)O)cc1S(=O)(=O)Nc1nc(-c2ccccc2NS(=O)(=O)c2ccc(Cl)cc2)cs1. The molecule has 3 N–H and O–H groups in total. The molecule has 0 aliphatic heterocycles. The van der Waals surface area contributed by atoms with E-state index >= 15 is 0 Å². The zero-order valence-electron chi connectivity index (χ0n) is 18.5. The minimum atomic E-state index is -4.14. The normalized spacial score (nSPS) is 11.7. The Hall–Kier alpha value is -3.45. The summed E-state index contributed by atoms with van der Waals surface area (Å²) in [6, 6.07) is 16.1. The van der Waals surface area contributed by atoms with Crippen molar-refractivity contribution in [3.05, 3.63) is 88.3 Å². The molecule has 0 radical (unpaired) electrons. The van der Waals surface area contributed by atoms with Crippen LogP contribution in [0, 0.1) is 6.92 Å². The Morgan fingerprint density at radius 2 is 1.64 bits per heavy atom. The van der Waals surface area contributed by atoms with Crippen LogP contribution in [-0.4, -0.2) is 32.9 Å². The van der Waals surface area contributed by atoms with Gasteiger partial charge < -0.3 is 5.11 Å². The van der Waals surface area contributed by atoms with Gasteiger partial charge in [0.05, 0.1) is 26.7 Å². The fourth-order valence-electron chi connectivity index (χ4n) is 3.25. The Labute approximate surface area is 216 Å². The van der Waals surface area contributed by atoms with Crippen molar-refractivity contribution >= 4 is 59.8 Å². The van der Waals surface area contributed by atoms with Crippen molar-refractivity contribution in [3.63, 3.8) is 0 Å². The van der Waals surface area contributed by atoms with Gasteiger partial charge in [0.2, 0.25) is 0 Å².